The number of piperazine rings is 1. The summed E-state index contributed by atoms with van der Waals surface area (Å²) in [5.74, 6) is 0.0965. The van der Waals surface area contributed by atoms with Crippen molar-refractivity contribution in [3.05, 3.63) is 29.8 Å². The first kappa shape index (κ1) is 13.9. The quantitative estimate of drug-likeness (QED) is 0.842. The number of nitrogens with one attached hydrogen (secondary N) is 1. The van der Waals surface area contributed by atoms with Gasteiger partial charge in [0, 0.05) is 12.2 Å². The van der Waals surface area contributed by atoms with Gasteiger partial charge in [-0.2, -0.15) is 0 Å². The Kier molecular flexibility index (Phi) is 3.33. The van der Waals surface area contributed by atoms with E-state index in [4.69, 9.17) is 0 Å². The van der Waals surface area contributed by atoms with Gasteiger partial charge < -0.3 is 10.2 Å². The Hall–Kier alpha value is -1.51. The molecule has 0 saturated carbocycles. The van der Waals surface area contributed by atoms with Crippen LogP contribution in [0.5, 0.6) is 0 Å². The highest BCUT2D eigenvalue weighted by Gasteiger charge is 2.33. The second-order valence-corrected chi connectivity index (χ2v) is 6.97. The van der Waals surface area contributed by atoms with Crippen molar-refractivity contribution < 1.29 is 4.79 Å². The Balaban J connectivity index is 2.28. The summed E-state index contributed by atoms with van der Waals surface area (Å²) >= 11 is 0. The predicted octanol–water partition coefficient (Wildman–Crippen LogP) is 2.70. The van der Waals surface area contributed by atoms with Gasteiger partial charge in [0.1, 0.15) is 0 Å². The van der Waals surface area contributed by atoms with Gasteiger partial charge in [0.25, 0.3) is 0 Å². The van der Waals surface area contributed by atoms with E-state index in [1.54, 1.807) is 0 Å². The first-order valence-electron chi connectivity index (χ1n) is 6.85. The maximum atomic E-state index is 11.6. The van der Waals surface area contributed by atoms with E-state index in [-0.39, 0.29) is 16.9 Å². The second kappa shape index (κ2) is 4.55. The van der Waals surface area contributed by atoms with Gasteiger partial charge in [-0.25, -0.2) is 0 Å². The maximum Gasteiger partial charge on any atom is 0.239 e. The van der Waals surface area contributed by atoms with Crippen molar-refractivity contribution in [2.45, 2.75) is 45.6 Å². The standard InChI is InChI=1S/C16H24N2O/c1-15(2,3)12-6-8-13(9-7-12)18-10-14(19)17-11-16(18,4)5/h6-9H,10-11H2,1-5H3,(H,17,19). The first-order chi connectivity index (χ1) is 8.70. The Bertz CT molecular complexity index is 469. The fraction of sp³-hybridized carbons (Fsp3) is 0.562. The Morgan fingerprint density at radius 1 is 1.16 bits per heavy atom. The lowest BCUT2D eigenvalue weighted by molar-refractivity contribution is -0.121. The minimum absolute atomic E-state index is 0.0445. The molecule has 1 heterocycles. The summed E-state index contributed by atoms with van der Waals surface area (Å²) in [4.78, 5) is 13.8. The van der Waals surface area contributed by atoms with Crippen molar-refractivity contribution in [2.24, 2.45) is 0 Å². The van der Waals surface area contributed by atoms with Crippen LogP contribution in [0.15, 0.2) is 24.3 Å². The van der Waals surface area contributed by atoms with Crippen molar-refractivity contribution in [1.82, 2.24) is 5.32 Å². The Labute approximate surface area is 116 Å². The highest BCUT2D eigenvalue weighted by Crippen LogP contribution is 2.29. The van der Waals surface area contributed by atoms with E-state index >= 15 is 0 Å². The minimum atomic E-state index is -0.0445. The third kappa shape index (κ3) is 2.91. The normalized spacial score (nSPS) is 19.2. The summed E-state index contributed by atoms with van der Waals surface area (Å²) in [6.07, 6.45) is 0. The molecule has 1 aliphatic rings. The van der Waals surface area contributed by atoms with Gasteiger partial charge in [-0.05, 0) is 37.0 Å². The van der Waals surface area contributed by atoms with Crippen LogP contribution in [0.25, 0.3) is 0 Å². The lowest BCUT2D eigenvalue weighted by Crippen LogP contribution is -2.60. The van der Waals surface area contributed by atoms with Crippen LogP contribution in [0, 0.1) is 0 Å². The number of anilines is 1. The molecular formula is C16H24N2O. The fourth-order valence-corrected chi connectivity index (χ4v) is 2.41. The second-order valence-electron chi connectivity index (χ2n) is 6.97. The number of rotatable bonds is 1. The fourth-order valence-electron chi connectivity index (χ4n) is 2.41. The molecule has 3 nitrogen and oxygen atoms in total. The summed E-state index contributed by atoms with van der Waals surface area (Å²) < 4.78 is 0. The molecule has 19 heavy (non-hydrogen) atoms. The monoisotopic (exact) mass is 260 g/mol. The SMILES string of the molecule is CC(C)(C)c1ccc(N2CC(=O)NCC2(C)C)cc1. The molecule has 0 bridgehead atoms. The van der Waals surface area contributed by atoms with Crippen LogP contribution in [-0.4, -0.2) is 24.5 Å². The molecule has 2 rings (SSSR count). The van der Waals surface area contributed by atoms with Crippen molar-refractivity contribution in [3.63, 3.8) is 0 Å². The highest BCUT2D eigenvalue weighted by atomic mass is 16.2. The van der Waals surface area contributed by atoms with Crippen molar-refractivity contribution in [3.8, 4) is 0 Å². The summed E-state index contributed by atoms with van der Waals surface area (Å²) in [6, 6.07) is 8.58. The summed E-state index contributed by atoms with van der Waals surface area (Å²) in [5, 5.41) is 2.93. The smallest absolute Gasteiger partial charge is 0.239 e. The minimum Gasteiger partial charge on any atom is -0.355 e. The third-order valence-electron chi connectivity index (χ3n) is 3.80. The molecule has 1 amide bonds. The molecular weight excluding hydrogens is 236 g/mol. The average Bonchev–Trinajstić information content (AvgIpc) is 2.31. The number of benzene rings is 1. The predicted molar refractivity (Wildman–Crippen MR) is 79.6 cm³/mol. The Morgan fingerprint density at radius 2 is 1.74 bits per heavy atom. The van der Waals surface area contributed by atoms with Crippen LogP contribution in [0.2, 0.25) is 0 Å². The summed E-state index contributed by atoms with van der Waals surface area (Å²) in [6.45, 7) is 12.1. The van der Waals surface area contributed by atoms with Crippen molar-refractivity contribution >= 4 is 11.6 Å². The lowest BCUT2D eigenvalue weighted by atomic mass is 9.87. The molecule has 0 radical (unpaired) electrons. The molecule has 0 aliphatic carbocycles. The van der Waals surface area contributed by atoms with Crippen molar-refractivity contribution in [1.29, 1.82) is 0 Å². The van der Waals surface area contributed by atoms with Gasteiger partial charge >= 0.3 is 0 Å². The zero-order valence-electron chi connectivity index (χ0n) is 12.6. The van der Waals surface area contributed by atoms with Gasteiger partial charge in [0.15, 0.2) is 0 Å². The van der Waals surface area contributed by atoms with Crippen LogP contribution in [-0.2, 0) is 10.2 Å². The van der Waals surface area contributed by atoms with Gasteiger partial charge in [0.2, 0.25) is 5.91 Å². The van der Waals surface area contributed by atoms with E-state index in [2.05, 4.69) is 69.1 Å². The highest BCUT2D eigenvalue weighted by molar-refractivity contribution is 5.83. The topological polar surface area (TPSA) is 32.3 Å². The van der Waals surface area contributed by atoms with E-state index in [1.807, 2.05) is 0 Å². The largest absolute Gasteiger partial charge is 0.355 e. The molecule has 1 fully saturated rings. The average molecular weight is 260 g/mol. The number of hydrogen-bond donors (Lipinski definition) is 1. The van der Waals surface area contributed by atoms with E-state index < -0.39 is 0 Å². The van der Waals surface area contributed by atoms with E-state index in [0.29, 0.717) is 13.1 Å². The van der Waals surface area contributed by atoms with Crippen molar-refractivity contribution in [2.75, 3.05) is 18.0 Å². The number of amides is 1. The number of hydrogen-bond acceptors (Lipinski definition) is 2. The summed E-state index contributed by atoms with van der Waals surface area (Å²) in [5.41, 5.74) is 2.55. The molecule has 0 spiro atoms. The molecule has 1 saturated heterocycles. The molecule has 3 heteroatoms. The molecule has 1 aromatic carbocycles. The molecule has 1 aromatic rings. The lowest BCUT2D eigenvalue weighted by Gasteiger charge is -2.43. The van der Waals surface area contributed by atoms with Crippen LogP contribution < -0.4 is 10.2 Å². The van der Waals surface area contributed by atoms with Gasteiger partial charge in [-0.3, -0.25) is 4.79 Å². The van der Waals surface area contributed by atoms with Gasteiger partial charge in [-0.1, -0.05) is 32.9 Å². The first-order valence-corrected chi connectivity index (χ1v) is 6.85. The van der Waals surface area contributed by atoms with Crippen LogP contribution in [0.4, 0.5) is 5.69 Å². The third-order valence-corrected chi connectivity index (χ3v) is 3.80. The van der Waals surface area contributed by atoms with Crippen LogP contribution >= 0.6 is 0 Å². The molecule has 0 unspecified atom stereocenters. The molecule has 0 atom stereocenters. The van der Waals surface area contributed by atoms with Gasteiger partial charge in [0.05, 0.1) is 12.1 Å². The molecule has 1 N–H and O–H groups in total. The van der Waals surface area contributed by atoms with Gasteiger partial charge in [-0.15, -0.1) is 0 Å². The van der Waals surface area contributed by atoms with E-state index in [1.165, 1.54) is 5.56 Å². The number of nitrogens with zero attached hydrogens (tertiary/aromatic N) is 1. The molecule has 104 valence electrons. The zero-order valence-corrected chi connectivity index (χ0v) is 12.6. The molecule has 1 aliphatic heterocycles. The number of carbonyl (C=O) groups excluding carboxylic acids is 1. The van der Waals surface area contributed by atoms with Crippen LogP contribution in [0.1, 0.15) is 40.2 Å². The molecule has 0 aromatic heterocycles. The summed E-state index contributed by atoms with van der Waals surface area (Å²) in [7, 11) is 0. The van der Waals surface area contributed by atoms with E-state index in [0.717, 1.165) is 5.69 Å². The Morgan fingerprint density at radius 3 is 2.26 bits per heavy atom. The zero-order chi connectivity index (χ0) is 14.3. The van der Waals surface area contributed by atoms with E-state index in [9.17, 15) is 4.79 Å². The van der Waals surface area contributed by atoms with Crippen LogP contribution in [0.3, 0.4) is 0 Å². The maximum absolute atomic E-state index is 11.6. The number of carbonyl (C=O) groups is 1.